The second kappa shape index (κ2) is 9.95. The molecule has 0 aliphatic carbocycles. The average Bonchev–Trinajstić information content (AvgIpc) is 3.62. The normalized spacial score (nSPS) is 22.3. The Morgan fingerprint density at radius 1 is 1.03 bits per heavy atom. The van der Waals surface area contributed by atoms with Crippen LogP contribution in [0.2, 0.25) is 0 Å². The third kappa shape index (κ3) is 5.05. The quantitative estimate of drug-likeness (QED) is 0.605. The van der Waals surface area contributed by atoms with E-state index in [0.29, 0.717) is 18.3 Å². The van der Waals surface area contributed by atoms with Crippen molar-refractivity contribution in [3.8, 4) is 0 Å². The molecule has 3 fully saturated rings. The Bertz CT molecular complexity index is 1090. The van der Waals surface area contributed by atoms with Gasteiger partial charge in [0.05, 0.1) is 18.3 Å². The number of likely N-dealkylation sites (tertiary alicyclic amines) is 3. The van der Waals surface area contributed by atoms with E-state index in [-0.39, 0.29) is 35.7 Å². The van der Waals surface area contributed by atoms with Gasteiger partial charge in [-0.3, -0.25) is 19.2 Å². The van der Waals surface area contributed by atoms with Gasteiger partial charge in [-0.15, -0.1) is 10.2 Å². The maximum Gasteiger partial charge on any atom is 0.244 e. The van der Waals surface area contributed by atoms with E-state index in [1.54, 1.807) is 4.68 Å². The predicted molar refractivity (Wildman–Crippen MR) is 133 cm³/mol. The van der Waals surface area contributed by atoms with Gasteiger partial charge < -0.3 is 14.2 Å². The minimum absolute atomic E-state index is 0.0391. The highest BCUT2D eigenvalue weighted by Gasteiger charge is 2.49. The Balaban J connectivity index is 1.27. The monoisotopic (exact) mass is 497 g/mol. The first-order chi connectivity index (χ1) is 17.2. The van der Waals surface area contributed by atoms with Gasteiger partial charge in [0.25, 0.3) is 0 Å². The summed E-state index contributed by atoms with van der Waals surface area (Å²) in [7, 11) is 0. The van der Waals surface area contributed by atoms with E-state index >= 15 is 0 Å². The fourth-order valence-electron chi connectivity index (χ4n) is 6.07. The lowest BCUT2D eigenvalue weighted by atomic mass is 9.76. The highest BCUT2D eigenvalue weighted by Crippen LogP contribution is 2.48. The van der Waals surface area contributed by atoms with Crippen LogP contribution in [0.4, 0.5) is 0 Å². The molecule has 36 heavy (non-hydrogen) atoms. The topological polar surface area (TPSA) is 101 Å². The number of aromatic nitrogens is 4. The molecule has 0 radical (unpaired) electrons. The van der Waals surface area contributed by atoms with Crippen molar-refractivity contribution in [2.45, 2.75) is 78.3 Å². The standard InChI is InChI=1S/C26H39N7O3/c1-18(2)24-27-28-25(36-24)21-14-26(17-32(21)15-22(34)30-9-5-6-10-30)7-11-31(12-8-26)23(35)16-33-20(4)13-19(3)29-33/h13,18,21H,5-12,14-17H2,1-4H3. The second-order valence-corrected chi connectivity index (χ2v) is 11.3. The average molecular weight is 498 g/mol. The smallest absolute Gasteiger partial charge is 0.244 e. The van der Waals surface area contributed by atoms with E-state index in [9.17, 15) is 9.59 Å². The molecule has 0 aromatic carbocycles. The summed E-state index contributed by atoms with van der Waals surface area (Å²) in [6.07, 6.45) is 4.86. The third-order valence-electron chi connectivity index (χ3n) is 8.20. The summed E-state index contributed by atoms with van der Waals surface area (Å²) in [6, 6.07) is 1.94. The van der Waals surface area contributed by atoms with Gasteiger partial charge in [0.1, 0.15) is 6.54 Å². The van der Waals surface area contributed by atoms with Crippen LogP contribution in [0.5, 0.6) is 0 Å². The van der Waals surface area contributed by atoms with Crippen LogP contribution in [-0.4, -0.2) is 85.8 Å². The van der Waals surface area contributed by atoms with Gasteiger partial charge in [0.2, 0.25) is 23.6 Å². The molecule has 0 saturated carbocycles. The summed E-state index contributed by atoms with van der Waals surface area (Å²) in [4.78, 5) is 32.3. The molecule has 0 bridgehead atoms. The summed E-state index contributed by atoms with van der Waals surface area (Å²) in [6.45, 7) is 12.6. The highest BCUT2D eigenvalue weighted by atomic mass is 16.4. The minimum Gasteiger partial charge on any atom is -0.423 e. The van der Waals surface area contributed by atoms with Crippen LogP contribution in [0, 0.1) is 19.3 Å². The van der Waals surface area contributed by atoms with Gasteiger partial charge >= 0.3 is 0 Å². The van der Waals surface area contributed by atoms with Gasteiger partial charge in [-0.05, 0) is 57.4 Å². The maximum absolute atomic E-state index is 13.1. The molecule has 1 unspecified atom stereocenters. The van der Waals surface area contributed by atoms with Crippen LogP contribution in [-0.2, 0) is 16.1 Å². The van der Waals surface area contributed by atoms with E-state index in [2.05, 4.69) is 20.2 Å². The van der Waals surface area contributed by atoms with Crippen LogP contribution in [0.1, 0.15) is 81.1 Å². The van der Waals surface area contributed by atoms with Crippen molar-refractivity contribution in [2.24, 2.45) is 5.41 Å². The molecule has 1 atom stereocenters. The van der Waals surface area contributed by atoms with Crippen LogP contribution in [0.3, 0.4) is 0 Å². The zero-order chi connectivity index (χ0) is 25.4. The molecule has 5 heterocycles. The minimum atomic E-state index is -0.0616. The van der Waals surface area contributed by atoms with Gasteiger partial charge in [-0.1, -0.05) is 13.8 Å². The van der Waals surface area contributed by atoms with Crippen LogP contribution in [0.25, 0.3) is 0 Å². The first-order valence-corrected chi connectivity index (χ1v) is 13.4. The number of nitrogens with zero attached hydrogens (tertiary/aromatic N) is 7. The van der Waals surface area contributed by atoms with Crippen molar-refractivity contribution >= 4 is 11.8 Å². The molecule has 3 saturated heterocycles. The Kier molecular flexibility index (Phi) is 6.89. The van der Waals surface area contributed by atoms with E-state index in [1.165, 1.54) is 0 Å². The zero-order valence-corrected chi connectivity index (χ0v) is 22.1. The van der Waals surface area contributed by atoms with Crippen LogP contribution in [0.15, 0.2) is 10.5 Å². The van der Waals surface area contributed by atoms with Gasteiger partial charge in [0.15, 0.2) is 0 Å². The molecule has 1 spiro atoms. The number of aryl methyl sites for hydroxylation is 2. The number of hydrogen-bond acceptors (Lipinski definition) is 7. The Morgan fingerprint density at radius 2 is 1.69 bits per heavy atom. The summed E-state index contributed by atoms with van der Waals surface area (Å²) in [5.74, 6) is 1.73. The molecule has 2 amide bonds. The van der Waals surface area contributed by atoms with Crippen molar-refractivity contribution in [1.82, 2.24) is 34.7 Å². The molecule has 196 valence electrons. The largest absolute Gasteiger partial charge is 0.423 e. The van der Waals surface area contributed by atoms with Crippen molar-refractivity contribution < 1.29 is 14.0 Å². The second-order valence-electron chi connectivity index (χ2n) is 11.3. The maximum atomic E-state index is 13.1. The Morgan fingerprint density at radius 3 is 2.31 bits per heavy atom. The van der Waals surface area contributed by atoms with Crippen LogP contribution >= 0.6 is 0 Å². The number of carbonyl (C=O) groups excluding carboxylic acids is 2. The molecule has 0 N–H and O–H groups in total. The third-order valence-corrected chi connectivity index (χ3v) is 8.20. The fraction of sp³-hybridized carbons (Fsp3) is 0.731. The molecule has 2 aromatic rings. The molecule has 5 rings (SSSR count). The number of hydrogen-bond donors (Lipinski definition) is 0. The summed E-state index contributed by atoms with van der Waals surface area (Å²) < 4.78 is 7.87. The molecule has 10 nitrogen and oxygen atoms in total. The lowest BCUT2D eigenvalue weighted by molar-refractivity contribution is -0.134. The van der Waals surface area contributed by atoms with E-state index in [1.807, 2.05) is 43.6 Å². The summed E-state index contributed by atoms with van der Waals surface area (Å²) in [5.41, 5.74) is 1.98. The Hall–Kier alpha value is -2.75. The molecule has 2 aromatic heterocycles. The highest BCUT2D eigenvalue weighted by molar-refractivity contribution is 5.78. The van der Waals surface area contributed by atoms with Gasteiger partial charge in [-0.2, -0.15) is 5.10 Å². The number of amides is 2. The van der Waals surface area contributed by atoms with Crippen molar-refractivity contribution in [1.29, 1.82) is 0 Å². The SMILES string of the molecule is Cc1cc(C)n(CC(=O)N2CCC3(CC2)CC(c2nnc(C(C)C)o2)N(CC(=O)N2CCCC2)C3)n1. The lowest BCUT2D eigenvalue weighted by Gasteiger charge is -2.39. The van der Waals surface area contributed by atoms with Crippen LogP contribution < -0.4 is 0 Å². The first kappa shape index (κ1) is 24.9. The predicted octanol–water partition coefficient (Wildman–Crippen LogP) is 2.68. The number of carbonyl (C=O) groups is 2. The van der Waals surface area contributed by atoms with E-state index in [0.717, 1.165) is 76.2 Å². The van der Waals surface area contributed by atoms with Gasteiger partial charge in [-0.25, -0.2) is 0 Å². The first-order valence-electron chi connectivity index (χ1n) is 13.4. The molecular weight excluding hydrogens is 458 g/mol. The molecular formula is C26H39N7O3. The van der Waals surface area contributed by atoms with Crippen molar-refractivity contribution in [2.75, 3.05) is 39.3 Å². The zero-order valence-electron chi connectivity index (χ0n) is 22.1. The summed E-state index contributed by atoms with van der Waals surface area (Å²) in [5, 5.41) is 13.1. The summed E-state index contributed by atoms with van der Waals surface area (Å²) >= 11 is 0. The number of rotatable bonds is 6. The molecule has 10 heteroatoms. The van der Waals surface area contributed by atoms with E-state index < -0.39 is 0 Å². The Labute approximate surface area is 213 Å². The van der Waals surface area contributed by atoms with Gasteiger partial charge in [0, 0.05) is 44.3 Å². The molecule has 3 aliphatic heterocycles. The van der Waals surface area contributed by atoms with E-state index in [4.69, 9.17) is 4.42 Å². The van der Waals surface area contributed by atoms with Crippen molar-refractivity contribution in [3.05, 3.63) is 29.2 Å². The molecule has 3 aliphatic rings. The fourth-order valence-corrected chi connectivity index (χ4v) is 6.07. The lowest BCUT2D eigenvalue weighted by Crippen LogP contribution is -2.46. The number of piperidine rings is 1. The van der Waals surface area contributed by atoms with Crippen molar-refractivity contribution in [3.63, 3.8) is 0 Å².